The smallest absolute Gasteiger partial charge is 0.251 e. The molecule has 0 amide bonds. The van der Waals surface area contributed by atoms with Crippen molar-refractivity contribution in [3.63, 3.8) is 0 Å². The predicted molar refractivity (Wildman–Crippen MR) is 87.4 cm³/mol. The molecule has 0 aliphatic carbocycles. The zero-order valence-electron chi connectivity index (χ0n) is 12.5. The topological polar surface area (TPSA) is 30.5 Å². The van der Waals surface area contributed by atoms with Gasteiger partial charge in [0, 0.05) is 6.42 Å². The van der Waals surface area contributed by atoms with Crippen LogP contribution in [0.1, 0.15) is 17.9 Å². The molecule has 1 aliphatic heterocycles. The number of nitrogens with zero attached hydrogens (tertiary/aromatic N) is 1. The van der Waals surface area contributed by atoms with Gasteiger partial charge in [-0.25, -0.2) is 4.98 Å². The van der Waals surface area contributed by atoms with Crippen LogP contribution in [0.2, 0.25) is 0 Å². The molecule has 22 heavy (non-hydrogen) atoms. The Kier molecular flexibility index (Phi) is 3.49. The second-order valence-corrected chi connectivity index (χ2v) is 5.80. The van der Waals surface area contributed by atoms with Gasteiger partial charge < -0.3 is 9.32 Å². The van der Waals surface area contributed by atoms with Gasteiger partial charge in [0.15, 0.2) is 12.1 Å². The Hall–Kier alpha value is -2.39. The molecule has 2 aromatic carbocycles. The van der Waals surface area contributed by atoms with E-state index in [-0.39, 0.29) is 0 Å². The van der Waals surface area contributed by atoms with Crippen molar-refractivity contribution >= 4 is 16.7 Å². The maximum atomic E-state index is 5.83. The summed E-state index contributed by atoms with van der Waals surface area (Å²) < 4.78 is 5.83. The van der Waals surface area contributed by atoms with E-state index in [9.17, 15) is 0 Å². The Labute approximate surface area is 129 Å². The van der Waals surface area contributed by atoms with Gasteiger partial charge in [0.25, 0.3) is 5.89 Å². The molecular weight excluding hydrogens is 272 g/mol. The number of benzene rings is 2. The average molecular weight is 291 g/mol. The van der Waals surface area contributed by atoms with E-state index in [0.29, 0.717) is 0 Å². The lowest BCUT2D eigenvalue weighted by Gasteiger charge is -2.22. The average Bonchev–Trinajstić information content (AvgIpc) is 2.98. The van der Waals surface area contributed by atoms with Crippen LogP contribution in [-0.2, 0) is 6.54 Å². The number of aromatic nitrogens is 1. The molecule has 4 rings (SSSR count). The molecule has 0 spiro atoms. The number of rotatable bonds is 3. The lowest BCUT2D eigenvalue weighted by molar-refractivity contribution is -0.910. The van der Waals surface area contributed by atoms with Crippen molar-refractivity contribution in [1.82, 2.24) is 4.98 Å². The summed E-state index contributed by atoms with van der Waals surface area (Å²) in [6, 6.07) is 18.6. The van der Waals surface area contributed by atoms with Crippen LogP contribution in [0, 0.1) is 0 Å². The van der Waals surface area contributed by atoms with Crippen molar-refractivity contribution in [2.45, 2.75) is 13.0 Å². The van der Waals surface area contributed by atoms with Gasteiger partial charge in [-0.15, -0.1) is 0 Å². The summed E-state index contributed by atoms with van der Waals surface area (Å²) in [6.45, 7) is 3.01. The van der Waals surface area contributed by atoms with Crippen LogP contribution < -0.4 is 4.90 Å². The summed E-state index contributed by atoms with van der Waals surface area (Å²) in [6.07, 6.45) is 3.47. The largest absolute Gasteiger partial charge is 0.435 e. The Bertz CT molecular complexity index is 771. The fourth-order valence-electron chi connectivity index (χ4n) is 3.07. The molecule has 1 aromatic heterocycles. The van der Waals surface area contributed by atoms with Crippen molar-refractivity contribution in [2.75, 3.05) is 13.1 Å². The summed E-state index contributed by atoms with van der Waals surface area (Å²) in [5.41, 5.74) is 4.65. The number of fused-ring (bicyclic) bond motifs is 1. The summed E-state index contributed by atoms with van der Waals surface area (Å²) >= 11 is 0. The van der Waals surface area contributed by atoms with E-state index in [2.05, 4.69) is 41.4 Å². The molecule has 3 nitrogen and oxygen atoms in total. The first-order chi connectivity index (χ1) is 10.9. The van der Waals surface area contributed by atoms with Gasteiger partial charge >= 0.3 is 0 Å². The van der Waals surface area contributed by atoms with Crippen LogP contribution in [-0.4, -0.2) is 18.1 Å². The van der Waals surface area contributed by atoms with Gasteiger partial charge in [-0.05, 0) is 29.3 Å². The maximum Gasteiger partial charge on any atom is 0.251 e. The van der Waals surface area contributed by atoms with Crippen LogP contribution in [0.5, 0.6) is 0 Å². The minimum Gasteiger partial charge on any atom is -0.435 e. The summed E-state index contributed by atoms with van der Waals surface area (Å²) in [5.74, 6) is 0.841. The first-order valence-corrected chi connectivity index (χ1v) is 7.81. The fourth-order valence-corrected chi connectivity index (χ4v) is 3.07. The van der Waals surface area contributed by atoms with Crippen LogP contribution in [0.15, 0.2) is 65.1 Å². The van der Waals surface area contributed by atoms with E-state index in [1.54, 1.807) is 0 Å². The first-order valence-electron chi connectivity index (χ1n) is 7.81. The number of hydrogen-bond acceptors (Lipinski definition) is 2. The number of oxazole rings is 1. The number of hydrogen-bond donors (Lipinski definition) is 1. The number of quaternary nitrogens is 1. The van der Waals surface area contributed by atoms with E-state index in [4.69, 9.17) is 4.42 Å². The molecule has 1 aliphatic rings. The molecule has 1 N–H and O–H groups in total. The second-order valence-electron chi connectivity index (χ2n) is 5.80. The van der Waals surface area contributed by atoms with Crippen LogP contribution in [0.3, 0.4) is 0 Å². The van der Waals surface area contributed by atoms with Crippen molar-refractivity contribution in [3.05, 3.63) is 72.1 Å². The van der Waals surface area contributed by atoms with Crippen LogP contribution >= 0.6 is 0 Å². The van der Waals surface area contributed by atoms with E-state index >= 15 is 0 Å². The molecule has 0 bridgehead atoms. The standard InChI is InChI=1S/C19H18N2O/c1-2-6-15(7-3-1)16-10-12-21(13-11-16)14-19-20-17-8-4-5-9-18(17)22-19/h1-10H,11-14H2/p+1. The van der Waals surface area contributed by atoms with Crippen LogP contribution in [0.25, 0.3) is 16.7 Å². The van der Waals surface area contributed by atoms with Crippen molar-refractivity contribution < 1.29 is 9.32 Å². The summed E-state index contributed by atoms with van der Waals surface area (Å²) in [7, 11) is 0. The lowest BCUT2D eigenvalue weighted by atomic mass is 10.00. The monoisotopic (exact) mass is 291 g/mol. The first kappa shape index (κ1) is 13.3. The molecule has 0 radical (unpaired) electrons. The fraction of sp³-hybridized carbons (Fsp3) is 0.211. The minimum atomic E-state index is 0.841. The normalized spacial score (nSPS) is 18.4. The zero-order chi connectivity index (χ0) is 14.8. The molecule has 1 atom stereocenters. The Morgan fingerprint density at radius 2 is 1.82 bits per heavy atom. The van der Waals surface area contributed by atoms with Crippen molar-refractivity contribution in [2.24, 2.45) is 0 Å². The third kappa shape index (κ3) is 2.68. The molecule has 2 heterocycles. The molecular formula is C19H19N2O+. The Morgan fingerprint density at radius 3 is 2.59 bits per heavy atom. The van der Waals surface area contributed by atoms with E-state index in [1.165, 1.54) is 16.0 Å². The summed E-state index contributed by atoms with van der Waals surface area (Å²) in [4.78, 5) is 6.08. The highest BCUT2D eigenvalue weighted by Crippen LogP contribution is 2.18. The Morgan fingerprint density at radius 1 is 1.00 bits per heavy atom. The maximum absolute atomic E-state index is 5.83. The number of nitrogens with one attached hydrogen (secondary N) is 1. The second kappa shape index (κ2) is 5.78. The quantitative estimate of drug-likeness (QED) is 0.804. The SMILES string of the molecule is C1=C(c2ccccc2)CC[NH+](Cc2nc3ccccc3o2)C1. The molecule has 0 saturated heterocycles. The van der Waals surface area contributed by atoms with Gasteiger partial charge in [-0.2, -0.15) is 0 Å². The third-order valence-electron chi connectivity index (χ3n) is 4.27. The molecule has 3 heteroatoms. The molecule has 0 fully saturated rings. The molecule has 0 saturated carbocycles. The zero-order valence-corrected chi connectivity index (χ0v) is 12.5. The Balaban J connectivity index is 1.46. The molecule has 110 valence electrons. The molecule has 1 unspecified atom stereocenters. The van der Waals surface area contributed by atoms with Gasteiger partial charge in [-0.1, -0.05) is 42.5 Å². The van der Waals surface area contributed by atoms with E-state index < -0.39 is 0 Å². The van der Waals surface area contributed by atoms with E-state index in [1.807, 2.05) is 24.3 Å². The molecule has 3 aromatic rings. The number of para-hydroxylation sites is 2. The van der Waals surface area contributed by atoms with Gasteiger partial charge in [0.1, 0.15) is 5.52 Å². The van der Waals surface area contributed by atoms with Gasteiger partial charge in [0.2, 0.25) is 0 Å². The van der Waals surface area contributed by atoms with E-state index in [0.717, 1.165) is 43.0 Å². The predicted octanol–water partition coefficient (Wildman–Crippen LogP) is 2.70. The highest BCUT2D eigenvalue weighted by molar-refractivity contribution is 5.72. The van der Waals surface area contributed by atoms with Gasteiger partial charge in [0.05, 0.1) is 13.1 Å². The van der Waals surface area contributed by atoms with Crippen molar-refractivity contribution in [3.8, 4) is 0 Å². The van der Waals surface area contributed by atoms with Crippen LogP contribution in [0.4, 0.5) is 0 Å². The summed E-state index contributed by atoms with van der Waals surface area (Å²) in [5, 5.41) is 0. The lowest BCUT2D eigenvalue weighted by Crippen LogP contribution is -3.11. The highest BCUT2D eigenvalue weighted by Gasteiger charge is 2.18. The third-order valence-corrected chi connectivity index (χ3v) is 4.27. The highest BCUT2D eigenvalue weighted by atomic mass is 16.3. The van der Waals surface area contributed by atoms with Gasteiger partial charge in [-0.3, -0.25) is 0 Å². The minimum absolute atomic E-state index is 0.841. The van der Waals surface area contributed by atoms with Crippen molar-refractivity contribution in [1.29, 1.82) is 0 Å².